The molecule has 0 radical (unpaired) electrons. The molecule has 21 heavy (non-hydrogen) atoms. The van der Waals surface area contributed by atoms with Gasteiger partial charge in [0.15, 0.2) is 0 Å². The standard InChI is InChI=1S/C18H22ClNO/c1-3-15(20)11-16-17(19)9-6-10-18(16)21-12-14-8-5-4-7-13(14)2/h4-10,15H,3,11-12,20H2,1-2H3. The van der Waals surface area contributed by atoms with Gasteiger partial charge in [0.1, 0.15) is 12.4 Å². The van der Waals surface area contributed by atoms with E-state index in [1.165, 1.54) is 11.1 Å². The van der Waals surface area contributed by atoms with Gasteiger partial charge in [-0.1, -0.05) is 48.9 Å². The number of ether oxygens (including phenoxy) is 1. The number of rotatable bonds is 6. The second-order valence-electron chi connectivity index (χ2n) is 5.30. The van der Waals surface area contributed by atoms with Gasteiger partial charge < -0.3 is 10.5 Å². The Labute approximate surface area is 131 Å². The molecule has 0 aliphatic heterocycles. The molecule has 1 unspecified atom stereocenters. The van der Waals surface area contributed by atoms with Gasteiger partial charge in [-0.15, -0.1) is 0 Å². The molecule has 0 amide bonds. The third kappa shape index (κ3) is 4.23. The van der Waals surface area contributed by atoms with Crippen molar-refractivity contribution < 1.29 is 4.74 Å². The van der Waals surface area contributed by atoms with Gasteiger partial charge in [0.2, 0.25) is 0 Å². The molecule has 0 aliphatic carbocycles. The number of benzene rings is 2. The van der Waals surface area contributed by atoms with Crippen LogP contribution in [0.3, 0.4) is 0 Å². The highest BCUT2D eigenvalue weighted by molar-refractivity contribution is 6.31. The molecule has 2 aromatic rings. The van der Waals surface area contributed by atoms with Crippen LogP contribution in [0.25, 0.3) is 0 Å². The van der Waals surface area contributed by atoms with Crippen molar-refractivity contribution in [2.24, 2.45) is 5.73 Å². The first-order valence-corrected chi connectivity index (χ1v) is 7.70. The van der Waals surface area contributed by atoms with Crippen LogP contribution in [-0.2, 0) is 13.0 Å². The smallest absolute Gasteiger partial charge is 0.124 e. The third-order valence-electron chi connectivity index (χ3n) is 3.71. The van der Waals surface area contributed by atoms with Crippen LogP contribution in [0.5, 0.6) is 5.75 Å². The summed E-state index contributed by atoms with van der Waals surface area (Å²) >= 11 is 6.31. The van der Waals surface area contributed by atoms with Crippen LogP contribution in [0.1, 0.15) is 30.0 Å². The zero-order valence-corrected chi connectivity index (χ0v) is 13.4. The molecular formula is C18H22ClNO. The van der Waals surface area contributed by atoms with Gasteiger partial charge >= 0.3 is 0 Å². The summed E-state index contributed by atoms with van der Waals surface area (Å²) < 4.78 is 5.99. The highest BCUT2D eigenvalue weighted by Gasteiger charge is 2.12. The van der Waals surface area contributed by atoms with Crippen LogP contribution in [-0.4, -0.2) is 6.04 Å². The van der Waals surface area contributed by atoms with E-state index in [0.717, 1.165) is 29.2 Å². The Morgan fingerprint density at radius 3 is 2.62 bits per heavy atom. The fourth-order valence-corrected chi connectivity index (χ4v) is 2.45. The Kier molecular flexibility index (Phi) is 5.66. The van der Waals surface area contributed by atoms with Gasteiger partial charge in [0.05, 0.1) is 0 Å². The summed E-state index contributed by atoms with van der Waals surface area (Å²) in [6.07, 6.45) is 1.65. The first-order valence-electron chi connectivity index (χ1n) is 7.32. The molecule has 0 bridgehead atoms. The van der Waals surface area contributed by atoms with E-state index in [4.69, 9.17) is 22.1 Å². The summed E-state index contributed by atoms with van der Waals surface area (Å²) in [5.74, 6) is 0.828. The summed E-state index contributed by atoms with van der Waals surface area (Å²) in [6.45, 7) is 4.71. The van der Waals surface area contributed by atoms with Gasteiger partial charge in [-0.3, -0.25) is 0 Å². The molecule has 2 aromatic carbocycles. The van der Waals surface area contributed by atoms with Gasteiger partial charge in [0.25, 0.3) is 0 Å². The van der Waals surface area contributed by atoms with Crippen LogP contribution in [0.4, 0.5) is 0 Å². The van der Waals surface area contributed by atoms with Crippen LogP contribution >= 0.6 is 11.6 Å². The van der Waals surface area contributed by atoms with Crippen molar-refractivity contribution in [1.29, 1.82) is 0 Å². The van der Waals surface area contributed by atoms with E-state index in [1.807, 2.05) is 30.3 Å². The molecule has 0 saturated heterocycles. The average Bonchev–Trinajstić information content (AvgIpc) is 2.49. The van der Waals surface area contributed by atoms with Crippen molar-refractivity contribution in [3.63, 3.8) is 0 Å². The Hall–Kier alpha value is -1.51. The van der Waals surface area contributed by atoms with Crippen LogP contribution in [0.15, 0.2) is 42.5 Å². The molecule has 112 valence electrons. The fourth-order valence-electron chi connectivity index (χ4n) is 2.21. The SMILES string of the molecule is CCC(N)Cc1c(Cl)cccc1OCc1ccccc1C. The van der Waals surface area contributed by atoms with Crippen molar-refractivity contribution in [2.45, 2.75) is 39.3 Å². The second-order valence-corrected chi connectivity index (χ2v) is 5.71. The van der Waals surface area contributed by atoms with Crippen molar-refractivity contribution >= 4 is 11.6 Å². The first kappa shape index (κ1) is 15.9. The lowest BCUT2D eigenvalue weighted by Crippen LogP contribution is -2.22. The van der Waals surface area contributed by atoms with E-state index in [-0.39, 0.29) is 6.04 Å². The number of nitrogens with two attached hydrogens (primary N) is 1. The van der Waals surface area contributed by atoms with Crippen molar-refractivity contribution in [3.8, 4) is 5.75 Å². The Bertz CT molecular complexity index is 598. The molecule has 2 N–H and O–H groups in total. The predicted molar refractivity (Wildman–Crippen MR) is 88.9 cm³/mol. The molecule has 1 atom stereocenters. The summed E-state index contributed by atoms with van der Waals surface area (Å²) in [5.41, 5.74) is 9.47. The van der Waals surface area contributed by atoms with Gasteiger partial charge in [0, 0.05) is 16.6 Å². The number of hydrogen-bond acceptors (Lipinski definition) is 2. The van der Waals surface area contributed by atoms with Crippen LogP contribution in [0, 0.1) is 6.92 Å². The topological polar surface area (TPSA) is 35.2 Å². The van der Waals surface area contributed by atoms with Gasteiger partial charge in [-0.05, 0) is 43.0 Å². The van der Waals surface area contributed by atoms with E-state index in [9.17, 15) is 0 Å². The van der Waals surface area contributed by atoms with Crippen LogP contribution < -0.4 is 10.5 Å². The van der Waals surface area contributed by atoms with Gasteiger partial charge in [-0.2, -0.15) is 0 Å². The largest absolute Gasteiger partial charge is 0.489 e. The molecule has 0 fully saturated rings. The zero-order valence-electron chi connectivity index (χ0n) is 12.6. The molecule has 3 heteroatoms. The number of aryl methyl sites for hydroxylation is 1. The Morgan fingerprint density at radius 1 is 1.14 bits per heavy atom. The molecule has 0 saturated carbocycles. The molecule has 2 rings (SSSR count). The summed E-state index contributed by atoms with van der Waals surface area (Å²) in [7, 11) is 0. The van der Waals surface area contributed by atoms with Crippen LogP contribution in [0.2, 0.25) is 5.02 Å². The zero-order chi connectivity index (χ0) is 15.2. The maximum atomic E-state index is 6.31. The van der Waals surface area contributed by atoms with E-state index >= 15 is 0 Å². The van der Waals surface area contributed by atoms with E-state index in [0.29, 0.717) is 6.61 Å². The minimum atomic E-state index is 0.103. The summed E-state index contributed by atoms with van der Waals surface area (Å²) in [6, 6.07) is 14.1. The first-order chi connectivity index (χ1) is 10.1. The van der Waals surface area contributed by atoms with Crippen molar-refractivity contribution in [3.05, 3.63) is 64.2 Å². The average molecular weight is 304 g/mol. The summed E-state index contributed by atoms with van der Waals surface area (Å²) in [4.78, 5) is 0. The maximum absolute atomic E-state index is 6.31. The lowest BCUT2D eigenvalue weighted by atomic mass is 10.0. The summed E-state index contributed by atoms with van der Waals surface area (Å²) in [5, 5.41) is 0.723. The molecule has 0 spiro atoms. The Morgan fingerprint density at radius 2 is 1.90 bits per heavy atom. The van der Waals surface area contributed by atoms with E-state index in [2.05, 4.69) is 26.0 Å². The number of hydrogen-bond donors (Lipinski definition) is 1. The lowest BCUT2D eigenvalue weighted by Gasteiger charge is -2.16. The monoisotopic (exact) mass is 303 g/mol. The fraction of sp³-hybridized carbons (Fsp3) is 0.333. The minimum absolute atomic E-state index is 0.103. The lowest BCUT2D eigenvalue weighted by molar-refractivity contribution is 0.301. The molecule has 0 heterocycles. The molecule has 0 aromatic heterocycles. The molecule has 2 nitrogen and oxygen atoms in total. The highest BCUT2D eigenvalue weighted by atomic mass is 35.5. The second kappa shape index (κ2) is 7.48. The predicted octanol–water partition coefficient (Wildman–Crippen LogP) is 4.51. The van der Waals surface area contributed by atoms with E-state index < -0.39 is 0 Å². The number of halogens is 1. The van der Waals surface area contributed by atoms with Crippen molar-refractivity contribution in [2.75, 3.05) is 0 Å². The third-order valence-corrected chi connectivity index (χ3v) is 4.07. The molecule has 0 aliphatic rings. The maximum Gasteiger partial charge on any atom is 0.124 e. The van der Waals surface area contributed by atoms with Crippen molar-refractivity contribution in [1.82, 2.24) is 0 Å². The van der Waals surface area contributed by atoms with E-state index in [1.54, 1.807) is 0 Å². The normalized spacial score (nSPS) is 12.2. The Balaban J connectivity index is 2.16. The quantitative estimate of drug-likeness (QED) is 0.852. The molecular weight excluding hydrogens is 282 g/mol. The highest BCUT2D eigenvalue weighted by Crippen LogP contribution is 2.28. The minimum Gasteiger partial charge on any atom is -0.489 e. The van der Waals surface area contributed by atoms with Gasteiger partial charge in [-0.25, -0.2) is 0 Å².